The number of hydrogen-bond donors (Lipinski definition) is 1. The summed E-state index contributed by atoms with van der Waals surface area (Å²) in [5.74, 6) is 2.18. The van der Waals surface area contributed by atoms with E-state index in [0.29, 0.717) is 38.1 Å². The standard InChI is InChI=1S/C28H35N3O3/c1-4-15-33-20-25(32)18-30(17-23-13-14-23)19-27-22(3)29-31(24-10-6-5-7-11-24)28(27)34-26-12-8-9-21(2)16-26/h4-12,16,23,25,32H,1,13-15,17-20H2,2-3H3/t25-/m0/s1. The van der Waals surface area contributed by atoms with Crippen LogP contribution in [0, 0.1) is 19.8 Å². The number of aromatic nitrogens is 2. The van der Waals surface area contributed by atoms with Crippen LogP contribution in [0.25, 0.3) is 5.69 Å². The summed E-state index contributed by atoms with van der Waals surface area (Å²) >= 11 is 0. The summed E-state index contributed by atoms with van der Waals surface area (Å²) in [6.07, 6.45) is 3.62. The van der Waals surface area contributed by atoms with Gasteiger partial charge in [-0.3, -0.25) is 4.90 Å². The molecule has 3 aromatic rings. The second-order valence-corrected chi connectivity index (χ2v) is 9.15. The van der Waals surface area contributed by atoms with Gasteiger partial charge in [0.05, 0.1) is 36.3 Å². The molecule has 0 spiro atoms. The normalized spacial score (nSPS) is 14.4. The highest BCUT2D eigenvalue weighted by atomic mass is 16.5. The fourth-order valence-electron chi connectivity index (χ4n) is 4.09. The van der Waals surface area contributed by atoms with Crippen molar-refractivity contribution < 1.29 is 14.6 Å². The zero-order chi connectivity index (χ0) is 23.9. The third-order valence-electron chi connectivity index (χ3n) is 5.95. The average molecular weight is 462 g/mol. The van der Waals surface area contributed by atoms with Crippen LogP contribution < -0.4 is 4.74 Å². The minimum atomic E-state index is -0.565. The number of para-hydroxylation sites is 1. The molecule has 1 aromatic heterocycles. The number of ether oxygens (including phenoxy) is 2. The number of hydrogen-bond acceptors (Lipinski definition) is 5. The lowest BCUT2D eigenvalue weighted by Gasteiger charge is -2.25. The average Bonchev–Trinajstić information content (AvgIpc) is 3.59. The Hall–Kier alpha value is -2.93. The highest BCUT2D eigenvalue weighted by molar-refractivity contribution is 5.43. The number of benzene rings is 2. The van der Waals surface area contributed by atoms with E-state index in [1.54, 1.807) is 6.08 Å². The minimum Gasteiger partial charge on any atom is -0.439 e. The van der Waals surface area contributed by atoms with Gasteiger partial charge in [-0.1, -0.05) is 36.4 Å². The van der Waals surface area contributed by atoms with Crippen molar-refractivity contribution in [2.45, 2.75) is 39.3 Å². The van der Waals surface area contributed by atoms with Gasteiger partial charge in [0.15, 0.2) is 0 Å². The molecule has 4 rings (SSSR count). The molecule has 6 nitrogen and oxygen atoms in total. The SMILES string of the molecule is C=CCOC[C@@H](O)CN(Cc1c(C)nn(-c2ccccc2)c1Oc1cccc(C)c1)CC1CC1. The Kier molecular flexibility index (Phi) is 8.16. The Morgan fingerprint density at radius 1 is 1.18 bits per heavy atom. The molecular formula is C28H35N3O3. The van der Waals surface area contributed by atoms with Gasteiger partial charge in [0, 0.05) is 19.6 Å². The van der Waals surface area contributed by atoms with Gasteiger partial charge >= 0.3 is 0 Å². The molecule has 2 aromatic carbocycles. The quantitative estimate of drug-likeness (QED) is 0.285. The van der Waals surface area contributed by atoms with Gasteiger partial charge in [-0.2, -0.15) is 5.10 Å². The third-order valence-corrected chi connectivity index (χ3v) is 5.95. The van der Waals surface area contributed by atoms with Crippen molar-refractivity contribution in [3.05, 3.63) is 84.1 Å². The highest BCUT2D eigenvalue weighted by Gasteiger charge is 2.28. The van der Waals surface area contributed by atoms with E-state index in [0.717, 1.165) is 34.8 Å². The van der Waals surface area contributed by atoms with E-state index < -0.39 is 6.10 Å². The first-order valence-corrected chi connectivity index (χ1v) is 12.0. The molecule has 0 unspecified atom stereocenters. The topological polar surface area (TPSA) is 59.8 Å². The van der Waals surface area contributed by atoms with Crippen LogP contribution in [0.3, 0.4) is 0 Å². The number of nitrogens with zero attached hydrogens (tertiary/aromatic N) is 3. The molecule has 6 heteroatoms. The maximum absolute atomic E-state index is 10.6. The van der Waals surface area contributed by atoms with E-state index in [1.165, 1.54) is 12.8 Å². The molecule has 1 fully saturated rings. The Morgan fingerprint density at radius 2 is 1.97 bits per heavy atom. The maximum atomic E-state index is 10.6. The fraction of sp³-hybridized carbons (Fsp3) is 0.393. The lowest BCUT2D eigenvalue weighted by molar-refractivity contribution is 0.0235. The van der Waals surface area contributed by atoms with E-state index in [-0.39, 0.29) is 0 Å². The molecule has 1 saturated carbocycles. The van der Waals surface area contributed by atoms with Gasteiger partial charge < -0.3 is 14.6 Å². The van der Waals surface area contributed by atoms with Crippen molar-refractivity contribution in [2.75, 3.05) is 26.3 Å². The number of aryl methyl sites for hydroxylation is 2. The molecular weight excluding hydrogens is 426 g/mol. The Labute approximate surface area is 202 Å². The fourth-order valence-corrected chi connectivity index (χ4v) is 4.09. The molecule has 180 valence electrons. The van der Waals surface area contributed by atoms with E-state index >= 15 is 0 Å². The van der Waals surface area contributed by atoms with Crippen LogP contribution in [-0.2, 0) is 11.3 Å². The van der Waals surface area contributed by atoms with Crippen LogP contribution in [0.4, 0.5) is 0 Å². The lowest BCUT2D eigenvalue weighted by Crippen LogP contribution is -2.36. The predicted molar refractivity (Wildman–Crippen MR) is 135 cm³/mol. The molecule has 1 aliphatic rings. The van der Waals surface area contributed by atoms with E-state index in [2.05, 4.69) is 24.5 Å². The summed E-state index contributed by atoms with van der Waals surface area (Å²) in [5, 5.41) is 15.4. The van der Waals surface area contributed by atoms with Crippen LogP contribution in [0.2, 0.25) is 0 Å². The largest absolute Gasteiger partial charge is 0.439 e. The zero-order valence-electron chi connectivity index (χ0n) is 20.2. The van der Waals surface area contributed by atoms with Crippen LogP contribution in [-0.4, -0.2) is 52.2 Å². The molecule has 0 radical (unpaired) electrons. The second-order valence-electron chi connectivity index (χ2n) is 9.15. The highest BCUT2D eigenvalue weighted by Crippen LogP contribution is 2.34. The molecule has 0 amide bonds. The molecule has 34 heavy (non-hydrogen) atoms. The van der Waals surface area contributed by atoms with Crippen molar-refractivity contribution >= 4 is 0 Å². The number of aliphatic hydroxyl groups is 1. The van der Waals surface area contributed by atoms with Gasteiger partial charge in [0.25, 0.3) is 0 Å². The Balaban J connectivity index is 1.63. The van der Waals surface area contributed by atoms with Crippen molar-refractivity contribution in [1.82, 2.24) is 14.7 Å². The molecule has 0 saturated heterocycles. The second kappa shape index (κ2) is 11.5. The first-order valence-electron chi connectivity index (χ1n) is 12.0. The van der Waals surface area contributed by atoms with Crippen LogP contribution in [0.1, 0.15) is 29.7 Å². The van der Waals surface area contributed by atoms with Crippen molar-refractivity contribution in [1.29, 1.82) is 0 Å². The first kappa shape index (κ1) is 24.2. The summed E-state index contributed by atoms with van der Waals surface area (Å²) in [5.41, 5.74) is 4.04. The zero-order valence-corrected chi connectivity index (χ0v) is 20.2. The van der Waals surface area contributed by atoms with Gasteiger partial charge in [0.1, 0.15) is 5.75 Å². The van der Waals surface area contributed by atoms with Gasteiger partial charge in [-0.05, 0) is 62.4 Å². The van der Waals surface area contributed by atoms with E-state index in [4.69, 9.17) is 14.6 Å². The summed E-state index contributed by atoms with van der Waals surface area (Å²) in [4.78, 5) is 2.31. The summed E-state index contributed by atoms with van der Waals surface area (Å²) in [6, 6.07) is 18.1. The third kappa shape index (κ3) is 6.56. The van der Waals surface area contributed by atoms with Crippen molar-refractivity contribution in [2.24, 2.45) is 5.92 Å². The monoisotopic (exact) mass is 461 g/mol. The molecule has 1 aliphatic carbocycles. The molecule has 1 N–H and O–H groups in total. The first-order chi connectivity index (χ1) is 16.5. The molecule has 1 heterocycles. The lowest BCUT2D eigenvalue weighted by atomic mass is 10.2. The van der Waals surface area contributed by atoms with Crippen LogP contribution in [0.15, 0.2) is 67.3 Å². The maximum Gasteiger partial charge on any atom is 0.227 e. The van der Waals surface area contributed by atoms with Crippen LogP contribution >= 0.6 is 0 Å². The van der Waals surface area contributed by atoms with E-state index in [1.807, 2.05) is 60.1 Å². The van der Waals surface area contributed by atoms with Crippen molar-refractivity contribution in [3.8, 4) is 17.3 Å². The van der Waals surface area contributed by atoms with Gasteiger partial charge in [-0.15, -0.1) is 6.58 Å². The van der Waals surface area contributed by atoms with Crippen molar-refractivity contribution in [3.63, 3.8) is 0 Å². The number of rotatable bonds is 13. The van der Waals surface area contributed by atoms with Gasteiger partial charge in [-0.25, -0.2) is 4.68 Å². The Morgan fingerprint density at radius 3 is 2.68 bits per heavy atom. The smallest absolute Gasteiger partial charge is 0.227 e. The molecule has 0 bridgehead atoms. The van der Waals surface area contributed by atoms with Crippen LogP contribution in [0.5, 0.6) is 11.6 Å². The molecule has 1 atom stereocenters. The van der Waals surface area contributed by atoms with E-state index in [9.17, 15) is 5.11 Å². The number of aliphatic hydroxyl groups excluding tert-OH is 1. The Bertz CT molecular complexity index is 1080. The summed E-state index contributed by atoms with van der Waals surface area (Å²) in [7, 11) is 0. The molecule has 0 aliphatic heterocycles. The van der Waals surface area contributed by atoms with Gasteiger partial charge in [0.2, 0.25) is 5.88 Å². The predicted octanol–water partition coefficient (Wildman–Crippen LogP) is 5.06. The summed E-state index contributed by atoms with van der Waals surface area (Å²) in [6.45, 7) is 10.6. The summed E-state index contributed by atoms with van der Waals surface area (Å²) < 4.78 is 13.8. The minimum absolute atomic E-state index is 0.294.